The molecule has 0 fully saturated rings. The second kappa shape index (κ2) is 6.61. The van der Waals surface area contributed by atoms with Crippen molar-refractivity contribution in [3.05, 3.63) is 88.6 Å². The number of fused-ring (bicyclic) bond motifs is 1. The molecule has 0 bridgehead atoms. The number of ketones is 1. The van der Waals surface area contributed by atoms with Crippen molar-refractivity contribution in [3.63, 3.8) is 0 Å². The van der Waals surface area contributed by atoms with Gasteiger partial charge in [0, 0.05) is 6.07 Å². The van der Waals surface area contributed by atoms with Gasteiger partial charge >= 0.3 is 5.97 Å². The number of ether oxygens (including phenoxy) is 2. The van der Waals surface area contributed by atoms with Crippen LogP contribution in [0.1, 0.15) is 37.6 Å². The summed E-state index contributed by atoms with van der Waals surface area (Å²) in [6.07, 6.45) is 3.13. The highest BCUT2D eigenvalue weighted by molar-refractivity contribution is 6.15. The molecule has 0 N–H and O–H groups in total. The van der Waals surface area contributed by atoms with Gasteiger partial charge in [0.05, 0.1) is 11.8 Å². The van der Waals surface area contributed by atoms with Crippen molar-refractivity contribution in [2.45, 2.75) is 13.8 Å². The molecule has 3 aromatic rings. The molecular formula is C22H16O5. The van der Waals surface area contributed by atoms with Crippen molar-refractivity contribution < 1.29 is 23.5 Å². The van der Waals surface area contributed by atoms with Crippen LogP contribution in [-0.4, -0.2) is 11.8 Å². The van der Waals surface area contributed by atoms with E-state index in [0.29, 0.717) is 16.9 Å². The van der Waals surface area contributed by atoms with Crippen LogP contribution in [0.25, 0.3) is 6.08 Å². The number of aryl methyl sites for hydroxylation is 2. The van der Waals surface area contributed by atoms with E-state index in [1.807, 2.05) is 31.2 Å². The highest BCUT2D eigenvalue weighted by atomic mass is 16.5. The van der Waals surface area contributed by atoms with E-state index >= 15 is 0 Å². The van der Waals surface area contributed by atoms with Crippen LogP contribution in [0.3, 0.4) is 0 Å². The van der Waals surface area contributed by atoms with E-state index in [1.165, 1.54) is 12.3 Å². The summed E-state index contributed by atoms with van der Waals surface area (Å²) in [7, 11) is 0. The van der Waals surface area contributed by atoms with E-state index < -0.39 is 5.97 Å². The third-order valence-electron chi connectivity index (χ3n) is 4.35. The maximum Gasteiger partial charge on any atom is 0.379 e. The first kappa shape index (κ1) is 16.8. The van der Waals surface area contributed by atoms with Crippen LogP contribution in [0.5, 0.6) is 11.5 Å². The van der Waals surface area contributed by atoms with E-state index in [9.17, 15) is 9.59 Å². The second-order valence-electron chi connectivity index (χ2n) is 6.28. The molecule has 1 aliphatic heterocycles. The number of hydrogen-bond donors (Lipinski definition) is 0. The minimum Gasteiger partial charge on any atom is -0.457 e. The summed E-state index contributed by atoms with van der Waals surface area (Å²) in [5.74, 6) is 0.218. The van der Waals surface area contributed by atoms with E-state index in [4.69, 9.17) is 13.9 Å². The number of carbonyl (C=O) groups excluding carboxylic acids is 2. The third kappa shape index (κ3) is 3.15. The Kier molecular flexibility index (Phi) is 4.12. The Morgan fingerprint density at radius 1 is 1.04 bits per heavy atom. The monoisotopic (exact) mass is 360 g/mol. The van der Waals surface area contributed by atoms with E-state index in [0.717, 1.165) is 11.1 Å². The zero-order chi connectivity index (χ0) is 19.0. The van der Waals surface area contributed by atoms with Crippen LogP contribution in [0.2, 0.25) is 0 Å². The number of benzene rings is 2. The quantitative estimate of drug-likeness (QED) is 0.384. The van der Waals surface area contributed by atoms with E-state index in [1.54, 1.807) is 31.2 Å². The lowest BCUT2D eigenvalue weighted by Gasteiger charge is -2.06. The Bertz CT molecular complexity index is 1070. The Labute approximate surface area is 155 Å². The van der Waals surface area contributed by atoms with Crippen LogP contribution in [0, 0.1) is 13.8 Å². The first-order valence-electron chi connectivity index (χ1n) is 8.43. The molecule has 0 amide bonds. The molecule has 0 atom stereocenters. The normalized spacial score (nSPS) is 14.1. The number of carbonyl (C=O) groups is 2. The molecule has 1 aliphatic rings. The minimum atomic E-state index is -0.612. The summed E-state index contributed by atoms with van der Waals surface area (Å²) in [6, 6.07) is 14.0. The number of furan rings is 1. The van der Waals surface area contributed by atoms with Gasteiger partial charge in [-0.15, -0.1) is 0 Å². The first-order chi connectivity index (χ1) is 13.0. The molecule has 0 spiro atoms. The molecule has 0 unspecified atom stereocenters. The summed E-state index contributed by atoms with van der Waals surface area (Å²) >= 11 is 0. The second-order valence-corrected chi connectivity index (χ2v) is 6.28. The average molecular weight is 360 g/mol. The lowest BCUT2D eigenvalue weighted by molar-refractivity contribution is 0.0701. The molecule has 0 saturated heterocycles. The SMILES string of the molecule is Cc1ccccc1/C=C1\Oc2cc(OC(=O)c3ccco3)cc(C)c2C1=O. The molecule has 0 aliphatic carbocycles. The largest absolute Gasteiger partial charge is 0.457 e. The molecule has 0 radical (unpaired) electrons. The van der Waals surface area contributed by atoms with Crippen molar-refractivity contribution in [2.75, 3.05) is 0 Å². The molecular weight excluding hydrogens is 344 g/mol. The van der Waals surface area contributed by atoms with Gasteiger partial charge in [0.25, 0.3) is 0 Å². The Balaban J connectivity index is 1.64. The predicted octanol–water partition coefficient (Wildman–Crippen LogP) is 4.73. The van der Waals surface area contributed by atoms with Crippen molar-refractivity contribution in [1.82, 2.24) is 0 Å². The molecule has 2 heterocycles. The molecule has 5 nitrogen and oxygen atoms in total. The molecule has 5 heteroatoms. The fourth-order valence-corrected chi connectivity index (χ4v) is 2.98. The Morgan fingerprint density at radius 3 is 2.59 bits per heavy atom. The van der Waals surface area contributed by atoms with Gasteiger partial charge in [0.15, 0.2) is 5.76 Å². The number of rotatable bonds is 3. The van der Waals surface area contributed by atoms with Crippen LogP contribution < -0.4 is 9.47 Å². The van der Waals surface area contributed by atoms with Gasteiger partial charge in [-0.2, -0.15) is 0 Å². The minimum absolute atomic E-state index is 0.102. The van der Waals surface area contributed by atoms with Gasteiger partial charge in [0.2, 0.25) is 11.5 Å². The highest BCUT2D eigenvalue weighted by Gasteiger charge is 2.30. The smallest absolute Gasteiger partial charge is 0.379 e. The lowest BCUT2D eigenvalue weighted by Crippen LogP contribution is -2.07. The summed E-state index contributed by atoms with van der Waals surface area (Å²) in [5, 5.41) is 0. The fraction of sp³-hybridized carbons (Fsp3) is 0.0909. The number of esters is 1. The zero-order valence-corrected chi connectivity index (χ0v) is 14.8. The van der Waals surface area contributed by atoms with Crippen LogP contribution in [0.15, 0.2) is 65.0 Å². The molecule has 27 heavy (non-hydrogen) atoms. The number of Topliss-reactive ketones (excluding diaryl/α,β-unsaturated/α-hetero) is 1. The lowest BCUT2D eigenvalue weighted by atomic mass is 10.0. The van der Waals surface area contributed by atoms with Gasteiger partial charge in [0.1, 0.15) is 11.5 Å². The van der Waals surface area contributed by atoms with E-state index in [-0.39, 0.29) is 23.1 Å². The van der Waals surface area contributed by atoms with Crippen molar-refractivity contribution in [3.8, 4) is 11.5 Å². The third-order valence-corrected chi connectivity index (χ3v) is 4.35. The van der Waals surface area contributed by atoms with Gasteiger partial charge in [-0.3, -0.25) is 4.79 Å². The van der Waals surface area contributed by atoms with Crippen molar-refractivity contribution in [2.24, 2.45) is 0 Å². The number of allylic oxidation sites excluding steroid dienone is 1. The Morgan fingerprint density at radius 2 is 1.85 bits per heavy atom. The van der Waals surface area contributed by atoms with Crippen LogP contribution in [0.4, 0.5) is 0 Å². The highest BCUT2D eigenvalue weighted by Crippen LogP contribution is 2.37. The van der Waals surface area contributed by atoms with Gasteiger partial charge in [-0.05, 0) is 54.8 Å². The molecule has 134 valence electrons. The van der Waals surface area contributed by atoms with Crippen molar-refractivity contribution in [1.29, 1.82) is 0 Å². The molecule has 0 saturated carbocycles. The van der Waals surface area contributed by atoms with Gasteiger partial charge in [-0.25, -0.2) is 4.79 Å². The predicted molar refractivity (Wildman–Crippen MR) is 99.0 cm³/mol. The fourth-order valence-electron chi connectivity index (χ4n) is 2.98. The molecule has 4 rings (SSSR count). The van der Waals surface area contributed by atoms with Gasteiger partial charge in [-0.1, -0.05) is 24.3 Å². The molecule has 2 aromatic carbocycles. The zero-order valence-electron chi connectivity index (χ0n) is 14.8. The van der Waals surface area contributed by atoms with Crippen LogP contribution >= 0.6 is 0 Å². The maximum atomic E-state index is 12.7. The summed E-state index contributed by atoms with van der Waals surface area (Å²) in [6.45, 7) is 3.75. The molecule has 1 aromatic heterocycles. The first-order valence-corrected chi connectivity index (χ1v) is 8.43. The maximum absolute atomic E-state index is 12.7. The van der Waals surface area contributed by atoms with E-state index in [2.05, 4.69) is 0 Å². The summed E-state index contributed by atoms with van der Waals surface area (Å²) in [5.41, 5.74) is 3.11. The topological polar surface area (TPSA) is 65.7 Å². The standard InChI is InChI=1S/C22H16O5/c1-13-6-3-4-7-15(13)11-19-21(23)20-14(2)10-16(12-18(20)27-19)26-22(24)17-8-5-9-25-17/h3-12H,1-2H3/b19-11-. The summed E-state index contributed by atoms with van der Waals surface area (Å²) < 4.78 is 16.1. The van der Waals surface area contributed by atoms with Crippen molar-refractivity contribution >= 4 is 17.8 Å². The number of hydrogen-bond acceptors (Lipinski definition) is 5. The average Bonchev–Trinajstić information content (AvgIpc) is 3.26. The Hall–Kier alpha value is -3.60. The van der Waals surface area contributed by atoms with Gasteiger partial charge < -0.3 is 13.9 Å². The summed E-state index contributed by atoms with van der Waals surface area (Å²) in [4.78, 5) is 24.8. The van der Waals surface area contributed by atoms with Crippen LogP contribution in [-0.2, 0) is 0 Å².